The van der Waals surface area contributed by atoms with E-state index in [0.717, 1.165) is 18.9 Å². The monoisotopic (exact) mass is 339 g/mol. The Morgan fingerprint density at radius 3 is 2.60 bits per heavy atom. The third-order valence-corrected chi connectivity index (χ3v) is 4.42. The van der Waals surface area contributed by atoms with E-state index in [9.17, 15) is 13.6 Å². The standard InChI is InChI=1S/C17H11F2N5O/c18-11-4-13-16(5-12(11)19)24(10-1-2-10)17(22-13)23-8-21-14-6-20-9(7-25)3-15(14)23/h3-8,10H,1-2H2. The number of halogens is 2. The lowest BCUT2D eigenvalue weighted by molar-refractivity contribution is 0.111. The number of aromatic nitrogens is 5. The second kappa shape index (κ2) is 4.92. The van der Waals surface area contributed by atoms with Gasteiger partial charge in [-0.15, -0.1) is 0 Å². The zero-order valence-corrected chi connectivity index (χ0v) is 12.9. The summed E-state index contributed by atoms with van der Waals surface area (Å²) in [6.45, 7) is 0. The van der Waals surface area contributed by atoms with Gasteiger partial charge in [-0.25, -0.2) is 18.7 Å². The van der Waals surface area contributed by atoms with Crippen LogP contribution in [0.2, 0.25) is 0 Å². The van der Waals surface area contributed by atoms with E-state index >= 15 is 0 Å². The van der Waals surface area contributed by atoms with E-state index < -0.39 is 11.6 Å². The summed E-state index contributed by atoms with van der Waals surface area (Å²) in [6, 6.07) is 4.09. The van der Waals surface area contributed by atoms with Crippen molar-refractivity contribution in [1.82, 2.24) is 24.1 Å². The number of imidazole rings is 2. The van der Waals surface area contributed by atoms with Gasteiger partial charge >= 0.3 is 0 Å². The summed E-state index contributed by atoms with van der Waals surface area (Å²) in [7, 11) is 0. The maximum Gasteiger partial charge on any atom is 0.216 e. The van der Waals surface area contributed by atoms with Gasteiger partial charge in [0.1, 0.15) is 17.5 Å². The third-order valence-electron chi connectivity index (χ3n) is 4.42. The summed E-state index contributed by atoms with van der Waals surface area (Å²) in [5.41, 5.74) is 2.48. The van der Waals surface area contributed by atoms with Gasteiger partial charge in [-0.2, -0.15) is 0 Å². The summed E-state index contributed by atoms with van der Waals surface area (Å²) >= 11 is 0. The molecule has 5 rings (SSSR count). The van der Waals surface area contributed by atoms with E-state index in [1.807, 2.05) is 4.57 Å². The van der Waals surface area contributed by atoms with Crippen molar-refractivity contribution in [3.63, 3.8) is 0 Å². The van der Waals surface area contributed by atoms with Gasteiger partial charge in [0.15, 0.2) is 17.9 Å². The van der Waals surface area contributed by atoms with Gasteiger partial charge in [0.25, 0.3) is 0 Å². The molecule has 124 valence electrons. The van der Waals surface area contributed by atoms with Crippen LogP contribution in [-0.4, -0.2) is 30.4 Å². The fourth-order valence-electron chi connectivity index (χ4n) is 3.09. The van der Waals surface area contributed by atoms with Crippen LogP contribution in [0.25, 0.3) is 28.0 Å². The van der Waals surface area contributed by atoms with Crippen LogP contribution < -0.4 is 0 Å². The van der Waals surface area contributed by atoms with Crippen molar-refractivity contribution in [3.8, 4) is 5.95 Å². The zero-order chi connectivity index (χ0) is 17.1. The van der Waals surface area contributed by atoms with Gasteiger partial charge in [-0.05, 0) is 18.9 Å². The maximum absolute atomic E-state index is 13.7. The third kappa shape index (κ3) is 2.07. The molecular weight excluding hydrogens is 328 g/mol. The first-order chi connectivity index (χ1) is 12.2. The highest BCUT2D eigenvalue weighted by atomic mass is 19.2. The van der Waals surface area contributed by atoms with Crippen LogP contribution in [-0.2, 0) is 0 Å². The lowest BCUT2D eigenvalue weighted by Gasteiger charge is -2.09. The van der Waals surface area contributed by atoms with Crippen molar-refractivity contribution in [2.45, 2.75) is 18.9 Å². The van der Waals surface area contributed by atoms with Gasteiger partial charge in [-0.3, -0.25) is 14.3 Å². The van der Waals surface area contributed by atoms with E-state index in [0.29, 0.717) is 34.3 Å². The van der Waals surface area contributed by atoms with Gasteiger partial charge in [-0.1, -0.05) is 0 Å². The molecule has 3 heterocycles. The topological polar surface area (TPSA) is 65.6 Å². The van der Waals surface area contributed by atoms with Gasteiger partial charge in [0.2, 0.25) is 5.95 Å². The Hall–Kier alpha value is -3.16. The molecule has 6 nitrogen and oxygen atoms in total. The summed E-state index contributed by atoms with van der Waals surface area (Å²) < 4.78 is 31.0. The van der Waals surface area contributed by atoms with Crippen LogP contribution >= 0.6 is 0 Å². The summed E-state index contributed by atoms with van der Waals surface area (Å²) in [5.74, 6) is -1.31. The highest BCUT2D eigenvalue weighted by Crippen LogP contribution is 2.40. The Kier molecular flexibility index (Phi) is 2.79. The predicted molar refractivity (Wildman–Crippen MR) is 85.7 cm³/mol. The average Bonchev–Trinajstić information content (AvgIpc) is 3.26. The van der Waals surface area contributed by atoms with Crippen LogP contribution in [0, 0.1) is 11.6 Å². The summed E-state index contributed by atoms with van der Waals surface area (Å²) in [6.07, 6.45) is 5.65. The highest BCUT2D eigenvalue weighted by Gasteiger charge is 2.30. The Balaban J connectivity index is 1.83. The van der Waals surface area contributed by atoms with Crippen molar-refractivity contribution in [2.24, 2.45) is 0 Å². The molecule has 0 bridgehead atoms. The summed E-state index contributed by atoms with van der Waals surface area (Å²) in [4.78, 5) is 23.8. The molecule has 1 aromatic carbocycles. The number of rotatable bonds is 3. The first kappa shape index (κ1) is 14.2. The van der Waals surface area contributed by atoms with Crippen LogP contribution in [0.1, 0.15) is 29.4 Å². The number of fused-ring (bicyclic) bond motifs is 2. The fraction of sp³-hybridized carbons (Fsp3) is 0.176. The molecular formula is C17H11F2N5O. The van der Waals surface area contributed by atoms with Crippen LogP contribution in [0.5, 0.6) is 0 Å². The SMILES string of the molecule is O=Cc1cc2c(cn1)ncn2-c1nc2cc(F)c(F)cc2n1C1CC1. The van der Waals surface area contributed by atoms with Gasteiger partial charge in [0, 0.05) is 18.2 Å². The smallest absolute Gasteiger partial charge is 0.216 e. The number of nitrogens with zero attached hydrogens (tertiary/aromatic N) is 5. The zero-order valence-electron chi connectivity index (χ0n) is 12.9. The first-order valence-electron chi connectivity index (χ1n) is 7.81. The van der Waals surface area contributed by atoms with E-state index in [4.69, 9.17) is 0 Å². The molecule has 0 saturated heterocycles. The lowest BCUT2D eigenvalue weighted by atomic mass is 10.3. The number of benzene rings is 1. The highest BCUT2D eigenvalue weighted by molar-refractivity contribution is 5.84. The van der Waals surface area contributed by atoms with Crippen molar-refractivity contribution >= 4 is 28.4 Å². The molecule has 1 aliphatic rings. The molecule has 0 spiro atoms. The second-order valence-electron chi connectivity index (χ2n) is 6.10. The number of hydrogen-bond donors (Lipinski definition) is 0. The minimum absolute atomic E-state index is 0.190. The molecule has 0 atom stereocenters. The molecule has 25 heavy (non-hydrogen) atoms. The summed E-state index contributed by atoms with van der Waals surface area (Å²) in [5, 5.41) is 0. The van der Waals surface area contributed by atoms with Crippen molar-refractivity contribution in [2.75, 3.05) is 0 Å². The minimum atomic E-state index is -0.928. The second-order valence-corrected chi connectivity index (χ2v) is 6.10. The molecule has 0 radical (unpaired) electrons. The van der Waals surface area contributed by atoms with Crippen LogP contribution in [0.3, 0.4) is 0 Å². The van der Waals surface area contributed by atoms with Crippen molar-refractivity contribution in [1.29, 1.82) is 0 Å². The Morgan fingerprint density at radius 2 is 1.84 bits per heavy atom. The largest absolute Gasteiger partial charge is 0.306 e. The Labute approximate surface area is 139 Å². The minimum Gasteiger partial charge on any atom is -0.306 e. The molecule has 8 heteroatoms. The average molecular weight is 339 g/mol. The van der Waals surface area contributed by atoms with Gasteiger partial charge < -0.3 is 4.57 Å². The Morgan fingerprint density at radius 1 is 1.04 bits per heavy atom. The number of aldehydes is 1. The molecule has 0 unspecified atom stereocenters. The molecule has 0 amide bonds. The van der Waals surface area contributed by atoms with E-state index in [2.05, 4.69) is 15.0 Å². The van der Waals surface area contributed by atoms with E-state index in [1.54, 1.807) is 17.0 Å². The molecule has 1 aliphatic carbocycles. The normalized spacial score (nSPS) is 14.5. The van der Waals surface area contributed by atoms with Crippen molar-refractivity contribution in [3.05, 3.63) is 48.1 Å². The molecule has 0 aliphatic heterocycles. The lowest BCUT2D eigenvalue weighted by Crippen LogP contribution is -2.05. The number of carbonyl (C=O) groups is 1. The molecule has 3 aromatic heterocycles. The van der Waals surface area contributed by atoms with Crippen LogP contribution in [0.4, 0.5) is 8.78 Å². The van der Waals surface area contributed by atoms with E-state index in [1.165, 1.54) is 12.3 Å². The Bertz CT molecular complexity index is 1160. The quantitative estimate of drug-likeness (QED) is 0.538. The molecule has 4 aromatic rings. The first-order valence-corrected chi connectivity index (χ1v) is 7.81. The molecule has 1 fully saturated rings. The molecule has 0 N–H and O–H groups in total. The van der Waals surface area contributed by atoms with Gasteiger partial charge in [0.05, 0.1) is 22.7 Å². The van der Waals surface area contributed by atoms with Crippen LogP contribution in [0.15, 0.2) is 30.7 Å². The maximum atomic E-state index is 13.7. The molecule has 1 saturated carbocycles. The number of hydrogen-bond acceptors (Lipinski definition) is 4. The predicted octanol–water partition coefficient (Wildman–Crippen LogP) is 3.20. The fourth-order valence-corrected chi connectivity index (χ4v) is 3.09. The number of pyridine rings is 1. The van der Waals surface area contributed by atoms with Crippen molar-refractivity contribution < 1.29 is 13.6 Å². The van der Waals surface area contributed by atoms with E-state index in [-0.39, 0.29) is 11.7 Å². The number of carbonyl (C=O) groups excluding carboxylic acids is 1.